The first-order chi connectivity index (χ1) is 8.43. The maximum absolute atomic E-state index is 5.86. The van der Waals surface area contributed by atoms with Crippen molar-refractivity contribution in [1.82, 2.24) is 9.97 Å². The summed E-state index contributed by atoms with van der Waals surface area (Å²) >= 11 is 5.86. The summed E-state index contributed by atoms with van der Waals surface area (Å²) in [6.45, 7) is 9.13. The highest BCUT2D eigenvalue weighted by atomic mass is 35.5. The first-order valence-corrected chi connectivity index (χ1v) is 6.70. The van der Waals surface area contributed by atoms with E-state index in [-0.39, 0.29) is 10.7 Å². The van der Waals surface area contributed by atoms with Gasteiger partial charge in [-0.2, -0.15) is 0 Å². The number of aryl methyl sites for hydroxylation is 1. The number of hydrogen-bond donors (Lipinski definition) is 1. The molecule has 4 nitrogen and oxygen atoms in total. The second-order valence-electron chi connectivity index (χ2n) is 5.36. The topological polar surface area (TPSA) is 47.0 Å². The number of ether oxygens (including phenoxy) is 1. The van der Waals surface area contributed by atoms with Crippen LogP contribution in [0.3, 0.4) is 0 Å². The Balaban J connectivity index is 2.03. The largest absolute Gasteiger partial charge is 0.378 e. The number of nitrogens with one attached hydrogen (secondary N) is 1. The zero-order chi connectivity index (χ0) is 13.3. The van der Waals surface area contributed by atoms with Crippen molar-refractivity contribution in [2.24, 2.45) is 5.41 Å². The summed E-state index contributed by atoms with van der Waals surface area (Å²) in [5.41, 5.74) is 0.984. The molecule has 2 atom stereocenters. The summed E-state index contributed by atoms with van der Waals surface area (Å²) in [6, 6.07) is 2.27. The minimum atomic E-state index is 0.112. The zero-order valence-electron chi connectivity index (χ0n) is 11.3. The van der Waals surface area contributed by atoms with Gasteiger partial charge in [-0.05, 0) is 31.9 Å². The summed E-state index contributed by atoms with van der Waals surface area (Å²) in [6.07, 6.45) is 1.32. The molecule has 5 heteroatoms. The van der Waals surface area contributed by atoms with Gasteiger partial charge in [0.05, 0.1) is 6.10 Å². The lowest BCUT2D eigenvalue weighted by Crippen LogP contribution is -2.58. The Hall–Kier alpha value is -0.870. The van der Waals surface area contributed by atoms with Crippen molar-refractivity contribution in [3.63, 3.8) is 0 Å². The summed E-state index contributed by atoms with van der Waals surface area (Å²) < 4.78 is 5.71. The van der Waals surface area contributed by atoms with Gasteiger partial charge in [0.25, 0.3) is 0 Å². The fraction of sp³-hybridized carbons (Fsp3) is 0.692. The number of nitrogens with zero attached hydrogens (tertiary/aromatic N) is 2. The summed E-state index contributed by atoms with van der Waals surface area (Å²) in [7, 11) is 0. The fourth-order valence-electron chi connectivity index (χ4n) is 2.40. The van der Waals surface area contributed by atoms with Crippen molar-refractivity contribution in [3.05, 3.63) is 17.0 Å². The summed E-state index contributed by atoms with van der Waals surface area (Å²) in [5, 5.41) is 3.71. The average molecular weight is 270 g/mol. The van der Waals surface area contributed by atoms with Gasteiger partial charge in [-0.1, -0.05) is 13.8 Å². The van der Waals surface area contributed by atoms with Crippen molar-refractivity contribution in [1.29, 1.82) is 0 Å². The molecule has 0 aromatic carbocycles. The third-order valence-corrected chi connectivity index (χ3v) is 3.86. The van der Waals surface area contributed by atoms with Gasteiger partial charge in [-0.25, -0.2) is 9.97 Å². The van der Waals surface area contributed by atoms with Crippen molar-refractivity contribution in [2.75, 3.05) is 11.9 Å². The van der Waals surface area contributed by atoms with E-state index in [9.17, 15) is 0 Å². The monoisotopic (exact) mass is 269 g/mol. The highest BCUT2D eigenvalue weighted by Crippen LogP contribution is 2.44. The summed E-state index contributed by atoms with van der Waals surface area (Å²) in [4.78, 5) is 8.25. The van der Waals surface area contributed by atoms with E-state index in [0.717, 1.165) is 24.5 Å². The average Bonchev–Trinajstić information content (AvgIpc) is 2.26. The molecular formula is C13H20ClN3O. The maximum atomic E-state index is 5.86. The van der Waals surface area contributed by atoms with Crippen molar-refractivity contribution in [2.45, 2.75) is 46.3 Å². The number of rotatable bonds is 4. The molecule has 2 rings (SSSR count). The molecule has 100 valence electrons. The molecule has 1 heterocycles. The predicted molar refractivity (Wildman–Crippen MR) is 73.0 cm³/mol. The molecule has 1 aromatic rings. The van der Waals surface area contributed by atoms with Gasteiger partial charge in [-0.3, -0.25) is 0 Å². The van der Waals surface area contributed by atoms with Crippen LogP contribution < -0.4 is 5.32 Å². The number of halogens is 1. The Labute approximate surface area is 113 Å². The second-order valence-corrected chi connectivity index (χ2v) is 5.70. The van der Waals surface area contributed by atoms with Crippen LogP contribution in [0.4, 0.5) is 5.82 Å². The molecule has 0 aliphatic heterocycles. The fourth-order valence-corrected chi connectivity index (χ4v) is 2.62. The van der Waals surface area contributed by atoms with Gasteiger partial charge in [0.15, 0.2) is 0 Å². The molecular weight excluding hydrogens is 250 g/mol. The molecule has 0 amide bonds. The molecule has 1 aliphatic rings. The Bertz CT molecular complexity index is 416. The summed E-state index contributed by atoms with van der Waals surface area (Å²) in [5.74, 6) is 0.792. The molecule has 0 spiro atoms. The minimum Gasteiger partial charge on any atom is -0.378 e. The Kier molecular flexibility index (Phi) is 3.78. The van der Waals surface area contributed by atoms with Gasteiger partial charge in [0, 0.05) is 29.8 Å². The molecule has 1 aromatic heterocycles. The first-order valence-electron chi connectivity index (χ1n) is 6.32. The van der Waals surface area contributed by atoms with Crippen LogP contribution in [0.15, 0.2) is 6.07 Å². The van der Waals surface area contributed by atoms with Gasteiger partial charge < -0.3 is 10.1 Å². The first kappa shape index (κ1) is 13.6. The van der Waals surface area contributed by atoms with E-state index >= 15 is 0 Å². The van der Waals surface area contributed by atoms with E-state index in [1.807, 2.05) is 19.9 Å². The number of anilines is 1. The highest BCUT2D eigenvalue weighted by Gasteiger charge is 2.49. The predicted octanol–water partition coefficient (Wildman–Crippen LogP) is 3.05. The van der Waals surface area contributed by atoms with Crippen LogP contribution in [0.2, 0.25) is 5.28 Å². The minimum absolute atomic E-state index is 0.112. The van der Waals surface area contributed by atoms with Crippen LogP contribution >= 0.6 is 11.6 Å². The Morgan fingerprint density at radius 1 is 1.50 bits per heavy atom. The van der Waals surface area contributed by atoms with E-state index in [4.69, 9.17) is 16.3 Å². The second kappa shape index (κ2) is 5.02. The number of aromatic nitrogens is 2. The lowest BCUT2D eigenvalue weighted by molar-refractivity contribution is -0.0976. The third kappa shape index (κ3) is 2.59. The SMILES string of the molecule is CCOC1CC(Nc2cc(C)nc(Cl)n2)C1(C)C. The molecule has 1 saturated carbocycles. The molecule has 0 saturated heterocycles. The van der Waals surface area contributed by atoms with Crippen molar-refractivity contribution < 1.29 is 4.74 Å². The van der Waals surface area contributed by atoms with Crippen LogP contribution in [0, 0.1) is 12.3 Å². The molecule has 1 fully saturated rings. The van der Waals surface area contributed by atoms with E-state index in [2.05, 4.69) is 29.1 Å². The molecule has 0 bridgehead atoms. The van der Waals surface area contributed by atoms with Crippen LogP contribution in [0.25, 0.3) is 0 Å². The van der Waals surface area contributed by atoms with Gasteiger partial charge >= 0.3 is 0 Å². The molecule has 0 radical (unpaired) electrons. The molecule has 18 heavy (non-hydrogen) atoms. The molecule has 1 aliphatic carbocycles. The van der Waals surface area contributed by atoms with Crippen LogP contribution in [0.5, 0.6) is 0 Å². The highest BCUT2D eigenvalue weighted by molar-refractivity contribution is 6.28. The van der Waals surface area contributed by atoms with Crippen molar-refractivity contribution >= 4 is 17.4 Å². The maximum Gasteiger partial charge on any atom is 0.224 e. The van der Waals surface area contributed by atoms with E-state index in [0.29, 0.717) is 12.1 Å². The Morgan fingerprint density at radius 2 is 2.22 bits per heavy atom. The molecule has 1 N–H and O–H groups in total. The van der Waals surface area contributed by atoms with Gasteiger partial charge in [0.2, 0.25) is 5.28 Å². The van der Waals surface area contributed by atoms with Crippen LogP contribution in [-0.2, 0) is 4.74 Å². The number of hydrogen-bond acceptors (Lipinski definition) is 4. The van der Waals surface area contributed by atoms with Crippen LogP contribution in [0.1, 0.15) is 32.9 Å². The van der Waals surface area contributed by atoms with Crippen molar-refractivity contribution in [3.8, 4) is 0 Å². The third-order valence-electron chi connectivity index (χ3n) is 3.69. The van der Waals surface area contributed by atoms with Gasteiger partial charge in [-0.15, -0.1) is 0 Å². The lowest BCUT2D eigenvalue weighted by atomic mass is 9.64. The van der Waals surface area contributed by atoms with E-state index < -0.39 is 0 Å². The van der Waals surface area contributed by atoms with E-state index in [1.165, 1.54) is 0 Å². The standard InChI is InChI=1S/C13H20ClN3O/c1-5-18-10-7-9(13(10,3)4)16-11-6-8(2)15-12(14)17-11/h6,9-10H,5,7H2,1-4H3,(H,15,16,17). The normalized spacial score (nSPS) is 25.6. The van der Waals surface area contributed by atoms with Crippen LogP contribution in [-0.4, -0.2) is 28.7 Å². The van der Waals surface area contributed by atoms with Gasteiger partial charge in [0.1, 0.15) is 5.82 Å². The molecule has 2 unspecified atom stereocenters. The Morgan fingerprint density at radius 3 is 2.78 bits per heavy atom. The lowest BCUT2D eigenvalue weighted by Gasteiger charge is -2.51. The smallest absolute Gasteiger partial charge is 0.224 e. The zero-order valence-corrected chi connectivity index (χ0v) is 12.1. The van der Waals surface area contributed by atoms with E-state index in [1.54, 1.807) is 0 Å². The quantitative estimate of drug-likeness (QED) is 0.854.